The minimum absolute atomic E-state index is 0.267. The SMILES string of the molecule is CN1CCC[C@H]1c1cccnc1.O=C(O)CCC(NC(=O)O)C(=O)O. The molecule has 0 aromatic carbocycles. The molecule has 0 aliphatic carbocycles. The molecule has 4 N–H and O–H groups in total. The quantitative estimate of drug-likeness (QED) is 0.602. The number of hydrogen-bond donors (Lipinski definition) is 4. The Labute approximate surface area is 145 Å². The molecule has 25 heavy (non-hydrogen) atoms. The van der Waals surface area contributed by atoms with Crippen molar-refractivity contribution < 1.29 is 29.7 Å². The van der Waals surface area contributed by atoms with Gasteiger partial charge in [0.1, 0.15) is 6.04 Å². The fourth-order valence-corrected chi connectivity index (χ4v) is 2.58. The summed E-state index contributed by atoms with van der Waals surface area (Å²) in [6, 6.07) is 3.42. The first kappa shape index (κ1) is 20.4. The van der Waals surface area contributed by atoms with E-state index in [9.17, 15) is 14.4 Å². The number of carboxylic acid groups (broad SMARTS) is 3. The first-order valence-corrected chi connectivity index (χ1v) is 7.85. The molecule has 0 bridgehead atoms. The molecule has 1 saturated heterocycles. The summed E-state index contributed by atoms with van der Waals surface area (Å²) in [5.41, 5.74) is 1.36. The lowest BCUT2D eigenvalue weighted by atomic mass is 10.1. The number of pyridine rings is 1. The van der Waals surface area contributed by atoms with Crippen molar-refractivity contribution in [3.8, 4) is 0 Å². The third-order valence-electron chi connectivity index (χ3n) is 3.83. The molecule has 1 unspecified atom stereocenters. The van der Waals surface area contributed by atoms with Crippen LogP contribution in [0.5, 0.6) is 0 Å². The molecule has 2 atom stereocenters. The zero-order valence-electron chi connectivity index (χ0n) is 14.0. The van der Waals surface area contributed by atoms with Gasteiger partial charge in [-0.15, -0.1) is 0 Å². The van der Waals surface area contributed by atoms with Crippen molar-refractivity contribution in [3.05, 3.63) is 30.1 Å². The zero-order valence-corrected chi connectivity index (χ0v) is 14.0. The van der Waals surface area contributed by atoms with Gasteiger partial charge in [0.05, 0.1) is 0 Å². The number of carboxylic acids is 2. The second-order valence-corrected chi connectivity index (χ2v) is 5.70. The second-order valence-electron chi connectivity index (χ2n) is 5.70. The fourth-order valence-electron chi connectivity index (χ4n) is 2.58. The summed E-state index contributed by atoms with van der Waals surface area (Å²) in [7, 11) is 2.19. The van der Waals surface area contributed by atoms with Crippen LogP contribution in [0, 0.1) is 0 Å². The average molecular weight is 353 g/mol. The maximum Gasteiger partial charge on any atom is 0.405 e. The van der Waals surface area contributed by atoms with Gasteiger partial charge in [0.15, 0.2) is 0 Å². The van der Waals surface area contributed by atoms with E-state index in [1.165, 1.54) is 24.9 Å². The van der Waals surface area contributed by atoms with Gasteiger partial charge < -0.3 is 20.6 Å². The number of carbonyl (C=O) groups is 3. The number of nitrogens with one attached hydrogen (secondary N) is 1. The van der Waals surface area contributed by atoms with Crippen molar-refractivity contribution in [3.63, 3.8) is 0 Å². The van der Waals surface area contributed by atoms with Gasteiger partial charge in [0.25, 0.3) is 0 Å². The highest BCUT2D eigenvalue weighted by atomic mass is 16.4. The number of likely N-dealkylation sites (tertiary alicyclic amines) is 1. The molecule has 9 nitrogen and oxygen atoms in total. The molecule has 0 spiro atoms. The van der Waals surface area contributed by atoms with E-state index in [1.807, 2.05) is 18.5 Å². The van der Waals surface area contributed by atoms with Gasteiger partial charge in [-0.2, -0.15) is 0 Å². The third kappa shape index (κ3) is 7.62. The minimum atomic E-state index is -1.49. The first-order valence-electron chi connectivity index (χ1n) is 7.85. The Bertz CT molecular complexity index is 580. The first-order chi connectivity index (χ1) is 11.8. The Hall–Kier alpha value is -2.68. The lowest BCUT2D eigenvalue weighted by Gasteiger charge is -2.18. The topological polar surface area (TPSA) is 140 Å². The molecule has 2 heterocycles. The number of hydrogen-bond acceptors (Lipinski definition) is 5. The van der Waals surface area contributed by atoms with Crippen LogP contribution in [0.25, 0.3) is 0 Å². The molecule has 1 aliphatic rings. The van der Waals surface area contributed by atoms with E-state index in [0.717, 1.165) is 0 Å². The number of aromatic nitrogens is 1. The molecule has 138 valence electrons. The standard InChI is InChI=1S/C10H14N2.C6H9NO6/c1-12-7-3-5-10(12)9-4-2-6-11-8-9;8-4(9)2-1-3(5(10)11)7-6(12)13/h2,4,6,8,10H,3,5,7H2,1H3;3,7H,1-2H2,(H,8,9)(H,10,11)(H,12,13)/t10-;/m0./s1. The van der Waals surface area contributed by atoms with E-state index >= 15 is 0 Å². The van der Waals surface area contributed by atoms with Crippen molar-refractivity contribution in [2.45, 2.75) is 37.8 Å². The fraction of sp³-hybridized carbons (Fsp3) is 0.500. The molecular weight excluding hydrogens is 330 g/mol. The van der Waals surface area contributed by atoms with Crippen LogP contribution in [0.15, 0.2) is 24.5 Å². The lowest BCUT2D eigenvalue weighted by Crippen LogP contribution is -2.40. The van der Waals surface area contributed by atoms with Crippen LogP contribution < -0.4 is 5.32 Å². The van der Waals surface area contributed by atoms with Crippen molar-refractivity contribution in [1.82, 2.24) is 15.2 Å². The molecular formula is C16H23N3O6. The molecule has 1 amide bonds. The van der Waals surface area contributed by atoms with E-state index < -0.39 is 30.5 Å². The van der Waals surface area contributed by atoms with Crippen molar-refractivity contribution in [2.24, 2.45) is 0 Å². The number of amides is 1. The van der Waals surface area contributed by atoms with Gasteiger partial charge in [0.2, 0.25) is 0 Å². The molecule has 1 aliphatic heterocycles. The van der Waals surface area contributed by atoms with Crippen LogP contribution in [0.1, 0.15) is 37.3 Å². The van der Waals surface area contributed by atoms with Gasteiger partial charge in [-0.3, -0.25) is 14.7 Å². The Morgan fingerprint density at radius 3 is 2.52 bits per heavy atom. The third-order valence-corrected chi connectivity index (χ3v) is 3.83. The minimum Gasteiger partial charge on any atom is -0.481 e. The molecule has 0 saturated carbocycles. The maximum atomic E-state index is 10.3. The zero-order chi connectivity index (χ0) is 18.8. The maximum absolute atomic E-state index is 10.3. The second kappa shape index (κ2) is 10.2. The van der Waals surface area contributed by atoms with Crippen LogP contribution in [0.2, 0.25) is 0 Å². The molecule has 1 fully saturated rings. The summed E-state index contributed by atoms with van der Waals surface area (Å²) in [5.74, 6) is -2.55. The number of aliphatic carboxylic acids is 2. The predicted molar refractivity (Wildman–Crippen MR) is 88.3 cm³/mol. The van der Waals surface area contributed by atoms with Crippen molar-refractivity contribution in [2.75, 3.05) is 13.6 Å². The Morgan fingerprint density at radius 2 is 2.08 bits per heavy atom. The largest absolute Gasteiger partial charge is 0.481 e. The van der Waals surface area contributed by atoms with Gasteiger partial charge in [-0.05, 0) is 44.5 Å². The molecule has 1 aromatic heterocycles. The number of rotatable bonds is 6. The van der Waals surface area contributed by atoms with Gasteiger partial charge >= 0.3 is 18.0 Å². The van der Waals surface area contributed by atoms with E-state index in [-0.39, 0.29) is 6.42 Å². The summed E-state index contributed by atoms with van der Waals surface area (Å²) in [6.45, 7) is 1.22. The summed E-state index contributed by atoms with van der Waals surface area (Å²) in [5, 5.41) is 26.5. The van der Waals surface area contributed by atoms with Gasteiger partial charge in [0, 0.05) is 24.9 Å². The molecule has 9 heteroatoms. The van der Waals surface area contributed by atoms with Gasteiger partial charge in [-0.25, -0.2) is 9.59 Å². The van der Waals surface area contributed by atoms with Crippen LogP contribution in [0.3, 0.4) is 0 Å². The van der Waals surface area contributed by atoms with E-state index in [0.29, 0.717) is 6.04 Å². The summed E-state index contributed by atoms with van der Waals surface area (Å²) < 4.78 is 0. The molecule has 0 radical (unpaired) electrons. The van der Waals surface area contributed by atoms with E-state index in [2.05, 4.69) is 23.0 Å². The van der Waals surface area contributed by atoms with E-state index in [4.69, 9.17) is 15.3 Å². The predicted octanol–water partition coefficient (Wildman–Crippen LogP) is 1.42. The Kier molecular flexibility index (Phi) is 8.34. The van der Waals surface area contributed by atoms with Crippen LogP contribution in [0.4, 0.5) is 4.79 Å². The van der Waals surface area contributed by atoms with Crippen molar-refractivity contribution in [1.29, 1.82) is 0 Å². The van der Waals surface area contributed by atoms with Crippen LogP contribution in [-0.4, -0.2) is 62.9 Å². The normalized spacial score (nSPS) is 17.9. The highest BCUT2D eigenvalue weighted by molar-refractivity contribution is 5.79. The molecule has 1 aromatic rings. The summed E-state index contributed by atoms with van der Waals surface area (Å²) in [4.78, 5) is 36.9. The number of nitrogens with zero attached hydrogens (tertiary/aromatic N) is 2. The lowest BCUT2D eigenvalue weighted by molar-refractivity contribution is -0.140. The Morgan fingerprint density at radius 1 is 1.36 bits per heavy atom. The highest BCUT2D eigenvalue weighted by Gasteiger charge is 2.22. The highest BCUT2D eigenvalue weighted by Crippen LogP contribution is 2.29. The van der Waals surface area contributed by atoms with Crippen molar-refractivity contribution >= 4 is 18.0 Å². The summed E-state index contributed by atoms with van der Waals surface area (Å²) in [6.07, 6.45) is 4.26. The smallest absolute Gasteiger partial charge is 0.405 e. The summed E-state index contributed by atoms with van der Waals surface area (Å²) >= 11 is 0. The van der Waals surface area contributed by atoms with E-state index in [1.54, 1.807) is 5.32 Å². The molecule has 2 rings (SSSR count). The Balaban J connectivity index is 0.000000250. The van der Waals surface area contributed by atoms with Crippen LogP contribution in [-0.2, 0) is 9.59 Å². The average Bonchev–Trinajstić information content (AvgIpc) is 2.98. The van der Waals surface area contributed by atoms with Gasteiger partial charge in [-0.1, -0.05) is 6.07 Å². The van der Waals surface area contributed by atoms with Crippen LogP contribution >= 0.6 is 0 Å². The monoisotopic (exact) mass is 353 g/mol.